The van der Waals surface area contributed by atoms with Gasteiger partial charge in [0.2, 0.25) is 0 Å². The number of ketones is 1. The highest BCUT2D eigenvalue weighted by Gasteiger charge is 2.29. The lowest BCUT2D eigenvalue weighted by Gasteiger charge is -2.12. The summed E-state index contributed by atoms with van der Waals surface area (Å²) in [6.45, 7) is 3.56. The monoisotopic (exact) mass is 343 g/mol. The SMILES string of the molecule is CC(=O)c1ccc2c(c1)Cc1c(C(N)=O)nnc(-c3ccccc3C)c1-2. The van der Waals surface area contributed by atoms with Crippen molar-refractivity contribution in [1.82, 2.24) is 10.2 Å². The normalized spacial score (nSPS) is 11.8. The van der Waals surface area contributed by atoms with E-state index in [1.807, 2.05) is 49.4 Å². The first-order valence-electron chi connectivity index (χ1n) is 8.37. The van der Waals surface area contributed by atoms with E-state index in [1.54, 1.807) is 6.92 Å². The molecule has 1 aliphatic rings. The molecule has 0 radical (unpaired) electrons. The Morgan fingerprint density at radius 1 is 1.04 bits per heavy atom. The van der Waals surface area contributed by atoms with Gasteiger partial charge in [-0.1, -0.05) is 36.4 Å². The van der Waals surface area contributed by atoms with Gasteiger partial charge in [-0.15, -0.1) is 10.2 Å². The van der Waals surface area contributed by atoms with E-state index in [1.165, 1.54) is 0 Å². The summed E-state index contributed by atoms with van der Waals surface area (Å²) in [5, 5.41) is 8.46. The van der Waals surface area contributed by atoms with E-state index in [9.17, 15) is 9.59 Å². The summed E-state index contributed by atoms with van der Waals surface area (Å²) in [6.07, 6.45) is 0.512. The molecule has 0 spiro atoms. The molecule has 0 saturated carbocycles. The van der Waals surface area contributed by atoms with Gasteiger partial charge in [-0.2, -0.15) is 0 Å². The van der Waals surface area contributed by atoms with Crippen LogP contribution in [0.4, 0.5) is 0 Å². The van der Waals surface area contributed by atoms with Crippen LogP contribution in [0.2, 0.25) is 0 Å². The van der Waals surface area contributed by atoms with Crippen LogP contribution in [0.25, 0.3) is 22.4 Å². The molecule has 0 unspecified atom stereocenters. The summed E-state index contributed by atoms with van der Waals surface area (Å²) in [4.78, 5) is 23.6. The molecule has 0 saturated heterocycles. The minimum absolute atomic E-state index is 0.00857. The molecule has 0 fully saturated rings. The van der Waals surface area contributed by atoms with E-state index in [0.29, 0.717) is 12.0 Å². The number of nitrogens with zero attached hydrogens (tertiary/aromatic N) is 2. The van der Waals surface area contributed by atoms with Gasteiger partial charge >= 0.3 is 0 Å². The Kier molecular flexibility index (Phi) is 3.65. The molecule has 3 aromatic rings. The molecular weight excluding hydrogens is 326 g/mol. The number of primary amides is 1. The number of aryl methyl sites for hydroxylation is 1. The fraction of sp³-hybridized carbons (Fsp3) is 0.143. The lowest BCUT2D eigenvalue weighted by molar-refractivity contribution is 0.0990. The summed E-state index contributed by atoms with van der Waals surface area (Å²) < 4.78 is 0. The number of nitrogens with two attached hydrogens (primary N) is 1. The van der Waals surface area contributed by atoms with Crippen LogP contribution in [0.5, 0.6) is 0 Å². The fourth-order valence-corrected chi connectivity index (χ4v) is 3.55. The maximum atomic E-state index is 11.9. The number of hydrogen-bond acceptors (Lipinski definition) is 4. The smallest absolute Gasteiger partial charge is 0.269 e. The minimum atomic E-state index is -0.593. The van der Waals surface area contributed by atoms with Crippen LogP contribution in [-0.2, 0) is 6.42 Å². The van der Waals surface area contributed by atoms with Gasteiger partial charge < -0.3 is 5.73 Å². The first-order valence-corrected chi connectivity index (χ1v) is 8.37. The van der Waals surface area contributed by atoms with Gasteiger partial charge in [-0.05, 0) is 42.2 Å². The number of hydrogen-bond donors (Lipinski definition) is 1. The second-order valence-corrected chi connectivity index (χ2v) is 6.53. The Labute approximate surface area is 150 Å². The predicted molar refractivity (Wildman–Crippen MR) is 99.0 cm³/mol. The number of carbonyl (C=O) groups is 2. The van der Waals surface area contributed by atoms with Crippen molar-refractivity contribution in [3.05, 3.63) is 70.4 Å². The van der Waals surface area contributed by atoms with Gasteiger partial charge in [0.25, 0.3) is 5.91 Å². The molecular formula is C21H17N3O2. The number of fused-ring (bicyclic) bond motifs is 3. The molecule has 1 heterocycles. The minimum Gasteiger partial charge on any atom is -0.364 e. The van der Waals surface area contributed by atoms with E-state index in [-0.39, 0.29) is 11.5 Å². The third-order valence-electron chi connectivity index (χ3n) is 4.86. The van der Waals surface area contributed by atoms with Crippen LogP contribution in [0.1, 0.15) is 44.5 Å². The summed E-state index contributed by atoms with van der Waals surface area (Å²) in [5.74, 6) is -0.584. The van der Waals surface area contributed by atoms with Crippen molar-refractivity contribution in [2.24, 2.45) is 5.73 Å². The Balaban J connectivity index is 2.02. The van der Waals surface area contributed by atoms with Crippen molar-refractivity contribution in [3.63, 3.8) is 0 Å². The number of aromatic nitrogens is 2. The molecule has 26 heavy (non-hydrogen) atoms. The Morgan fingerprint density at radius 2 is 1.81 bits per heavy atom. The van der Waals surface area contributed by atoms with Crippen molar-refractivity contribution >= 4 is 11.7 Å². The highest BCUT2D eigenvalue weighted by Crippen LogP contribution is 2.43. The lowest BCUT2D eigenvalue weighted by atomic mass is 9.95. The van der Waals surface area contributed by atoms with E-state index < -0.39 is 5.91 Å². The van der Waals surface area contributed by atoms with Crippen LogP contribution in [0.3, 0.4) is 0 Å². The van der Waals surface area contributed by atoms with Crippen molar-refractivity contribution < 1.29 is 9.59 Å². The Bertz CT molecular complexity index is 1090. The molecule has 5 nitrogen and oxygen atoms in total. The zero-order valence-corrected chi connectivity index (χ0v) is 14.5. The molecule has 2 aromatic carbocycles. The Morgan fingerprint density at radius 3 is 2.50 bits per heavy atom. The molecule has 4 rings (SSSR count). The highest BCUT2D eigenvalue weighted by molar-refractivity contribution is 6.00. The third-order valence-corrected chi connectivity index (χ3v) is 4.86. The maximum Gasteiger partial charge on any atom is 0.269 e. The predicted octanol–water partition coefficient (Wildman–Crippen LogP) is 3.32. The third kappa shape index (κ3) is 2.40. The molecule has 1 aromatic heterocycles. The van der Waals surface area contributed by atoms with Crippen LogP contribution >= 0.6 is 0 Å². The zero-order chi connectivity index (χ0) is 18.4. The second kappa shape index (κ2) is 5.88. The van der Waals surface area contributed by atoms with Gasteiger partial charge in [0.1, 0.15) is 5.69 Å². The lowest BCUT2D eigenvalue weighted by Crippen LogP contribution is -2.17. The standard InChI is InChI=1S/C21H17N3O2/c1-11-5-3-4-6-15(11)19-18-16-8-7-13(12(2)25)9-14(16)10-17(18)20(21(22)26)24-23-19/h3-9H,10H2,1-2H3,(H2,22,26). The van der Waals surface area contributed by atoms with E-state index in [4.69, 9.17) is 5.73 Å². The van der Waals surface area contributed by atoms with Gasteiger partial charge in [0, 0.05) is 23.1 Å². The second-order valence-electron chi connectivity index (χ2n) is 6.53. The topological polar surface area (TPSA) is 85.9 Å². The Hall–Kier alpha value is -3.34. The largest absolute Gasteiger partial charge is 0.364 e. The summed E-state index contributed by atoms with van der Waals surface area (Å²) in [7, 11) is 0. The van der Waals surface area contributed by atoms with Crippen LogP contribution in [0, 0.1) is 6.92 Å². The van der Waals surface area contributed by atoms with Crippen LogP contribution in [-0.4, -0.2) is 21.9 Å². The maximum absolute atomic E-state index is 11.9. The van der Waals surface area contributed by atoms with E-state index in [0.717, 1.165) is 39.1 Å². The summed E-state index contributed by atoms with van der Waals surface area (Å²) in [5.41, 5.74) is 12.8. The fourth-order valence-electron chi connectivity index (χ4n) is 3.55. The van der Waals surface area contributed by atoms with E-state index >= 15 is 0 Å². The van der Waals surface area contributed by atoms with Crippen molar-refractivity contribution in [2.45, 2.75) is 20.3 Å². The van der Waals surface area contributed by atoms with Crippen LogP contribution in [0.15, 0.2) is 42.5 Å². The van der Waals surface area contributed by atoms with Gasteiger partial charge in [0.15, 0.2) is 11.5 Å². The van der Waals surface area contributed by atoms with Crippen molar-refractivity contribution in [1.29, 1.82) is 0 Å². The van der Waals surface area contributed by atoms with Crippen LogP contribution < -0.4 is 5.73 Å². The molecule has 1 amide bonds. The van der Waals surface area contributed by atoms with Crippen molar-refractivity contribution in [3.8, 4) is 22.4 Å². The molecule has 0 bridgehead atoms. The summed E-state index contributed by atoms with van der Waals surface area (Å²) >= 11 is 0. The quantitative estimate of drug-likeness (QED) is 0.578. The molecule has 5 heteroatoms. The average molecular weight is 343 g/mol. The molecule has 2 N–H and O–H groups in total. The van der Waals surface area contributed by atoms with Crippen molar-refractivity contribution in [2.75, 3.05) is 0 Å². The first kappa shape index (κ1) is 16.1. The number of Topliss-reactive ketones (excluding diaryl/α,β-unsaturated/α-hetero) is 1. The van der Waals surface area contributed by atoms with Gasteiger partial charge in [-0.3, -0.25) is 9.59 Å². The summed E-state index contributed by atoms with van der Waals surface area (Å²) in [6, 6.07) is 13.5. The van der Waals surface area contributed by atoms with Gasteiger partial charge in [-0.25, -0.2) is 0 Å². The molecule has 1 aliphatic carbocycles. The van der Waals surface area contributed by atoms with E-state index in [2.05, 4.69) is 10.2 Å². The number of amides is 1. The number of rotatable bonds is 3. The van der Waals surface area contributed by atoms with Gasteiger partial charge in [0.05, 0.1) is 0 Å². The number of benzene rings is 2. The average Bonchev–Trinajstić information content (AvgIpc) is 2.99. The number of carbonyl (C=O) groups excluding carboxylic acids is 2. The first-order chi connectivity index (χ1) is 12.5. The highest BCUT2D eigenvalue weighted by atomic mass is 16.1. The molecule has 0 atom stereocenters. The molecule has 128 valence electrons. The zero-order valence-electron chi connectivity index (χ0n) is 14.5. The molecule has 0 aliphatic heterocycles.